The molecule has 0 saturated carbocycles. The van der Waals surface area contributed by atoms with E-state index in [4.69, 9.17) is 0 Å². The van der Waals surface area contributed by atoms with Crippen LogP contribution in [0.3, 0.4) is 0 Å². The van der Waals surface area contributed by atoms with E-state index in [2.05, 4.69) is 15.4 Å². The topological polar surface area (TPSA) is 140 Å². The maximum Gasteiger partial charge on any atom is 0.282 e. The number of hydrogen-bond acceptors (Lipinski definition) is 7. The lowest BCUT2D eigenvalue weighted by atomic mass is 10.1. The van der Waals surface area contributed by atoms with E-state index in [0.717, 1.165) is 22.2 Å². The number of hydrogen-bond donors (Lipinski definition) is 1. The van der Waals surface area contributed by atoms with Gasteiger partial charge in [0.05, 0.1) is 22.2 Å². The molecule has 3 amide bonds. The summed E-state index contributed by atoms with van der Waals surface area (Å²) in [7, 11) is 0. The predicted molar refractivity (Wildman–Crippen MR) is 111 cm³/mol. The zero-order valence-electron chi connectivity index (χ0n) is 17.1. The standard InChI is InChI=1S/C21H18N6O5/c1-12(14-6-8-15(9-7-14)25-11-22-10-23-25)24-19(28)13(2)26-20(29)16-4-3-5-17(27(31)32)18(16)21(26)30/h3-13H,1-2H3,(H,24,28)/t12?,13-/m0/s1. The van der Waals surface area contributed by atoms with Crippen molar-refractivity contribution in [1.82, 2.24) is 25.0 Å². The van der Waals surface area contributed by atoms with Crippen molar-refractivity contribution in [2.45, 2.75) is 25.9 Å². The molecule has 2 heterocycles. The molecule has 0 spiro atoms. The quantitative estimate of drug-likeness (QED) is 0.356. The third-order valence-electron chi connectivity index (χ3n) is 5.32. The fourth-order valence-electron chi connectivity index (χ4n) is 3.58. The van der Waals surface area contributed by atoms with E-state index in [1.807, 2.05) is 24.3 Å². The molecule has 4 rings (SSSR count). The Balaban J connectivity index is 1.49. The maximum absolute atomic E-state index is 12.8. The van der Waals surface area contributed by atoms with Crippen molar-refractivity contribution in [2.75, 3.05) is 0 Å². The Morgan fingerprint density at radius 1 is 1.09 bits per heavy atom. The van der Waals surface area contributed by atoms with Crippen molar-refractivity contribution in [3.05, 3.63) is 81.9 Å². The smallest absolute Gasteiger partial charge is 0.282 e. The second kappa shape index (κ2) is 8.02. The van der Waals surface area contributed by atoms with Crippen LogP contribution in [0.15, 0.2) is 55.1 Å². The van der Waals surface area contributed by atoms with Gasteiger partial charge in [0, 0.05) is 6.07 Å². The zero-order chi connectivity index (χ0) is 23.0. The van der Waals surface area contributed by atoms with Gasteiger partial charge in [0.15, 0.2) is 0 Å². The number of nitrogens with zero attached hydrogens (tertiary/aromatic N) is 5. The minimum absolute atomic E-state index is 0.0828. The number of carbonyl (C=O) groups is 3. The van der Waals surface area contributed by atoms with Gasteiger partial charge < -0.3 is 5.32 Å². The predicted octanol–water partition coefficient (Wildman–Crippen LogP) is 2.04. The van der Waals surface area contributed by atoms with Gasteiger partial charge >= 0.3 is 0 Å². The summed E-state index contributed by atoms with van der Waals surface area (Å²) >= 11 is 0. The molecule has 0 aliphatic carbocycles. The Hall–Kier alpha value is -4.41. The minimum Gasteiger partial charge on any atom is -0.348 e. The highest BCUT2D eigenvalue weighted by molar-refractivity contribution is 6.24. The van der Waals surface area contributed by atoms with E-state index in [1.54, 1.807) is 17.9 Å². The monoisotopic (exact) mass is 434 g/mol. The summed E-state index contributed by atoms with van der Waals surface area (Å²) in [6, 6.07) is 9.53. The van der Waals surface area contributed by atoms with Crippen LogP contribution in [0.2, 0.25) is 0 Å². The highest BCUT2D eigenvalue weighted by atomic mass is 16.6. The van der Waals surface area contributed by atoms with Crippen molar-refractivity contribution in [3.8, 4) is 5.69 Å². The number of imide groups is 1. The summed E-state index contributed by atoms with van der Waals surface area (Å²) < 4.78 is 1.59. The van der Waals surface area contributed by atoms with Gasteiger partial charge in [0.2, 0.25) is 5.91 Å². The van der Waals surface area contributed by atoms with Crippen molar-refractivity contribution in [3.63, 3.8) is 0 Å². The molecule has 1 aliphatic heterocycles. The van der Waals surface area contributed by atoms with Gasteiger partial charge in [0.1, 0.15) is 24.3 Å². The number of nitrogens with one attached hydrogen (secondary N) is 1. The van der Waals surface area contributed by atoms with Gasteiger partial charge in [-0.15, -0.1) is 0 Å². The second-order valence-corrected chi connectivity index (χ2v) is 7.27. The van der Waals surface area contributed by atoms with Crippen molar-refractivity contribution in [1.29, 1.82) is 0 Å². The number of fused-ring (bicyclic) bond motifs is 1. The van der Waals surface area contributed by atoms with E-state index in [0.29, 0.717) is 0 Å². The molecule has 0 radical (unpaired) electrons. The Bertz CT molecular complexity index is 1220. The number of carbonyl (C=O) groups excluding carboxylic acids is 3. The molecule has 32 heavy (non-hydrogen) atoms. The lowest BCUT2D eigenvalue weighted by molar-refractivity contribution is -0.385. The number of aromatic nitrogens is 3. The van der Waals surface area contributed by atoms with Gasteiger partial charge in [-0.3, -0.25) is 29.4 Å². The first-order valence-corrected chi connectivity index (χ1v) is 9.70. The summed E-state index contributed by atoms with van der Waals surface area (Å²) in [5.41, 5.74) is 0.759. The summed E-state index contributed by atoms with van der Waals surface area (Å²) in [5, 5.41) is 18.1. The molecular formula is C21H18N6O5. The first-order chi connectivity index (χ1) is 15.3. The van der Waals surface area contributed by atoms with Crippen molar-refractivity contribution in [2.24, 2.45) is 0 Å². The molecule has 0 saturated heterocycles. The largest absolute Gasteiger partial charge is 0.348 e. The second-order valence-electron chi connectivity index (χ2n) is 7.27. The van der Waals surface area contributed by atoms with Crippen LogP contribution in [0.4, 0.5) is 5.69 Å². The van der Waals surface area contributed by atoms with Gasteiger partial charge in [-0.2, -0.15) is 5.10 Å². The van der Waals surface area contributed by atoms with Crippen LogP contribution < -0.4 is 5.32 Å². The Morgan fingerprint density at radius 3 is 2.44 bits per heavy atom. The van der Waals surface area contributed by atoms with Gasteiger partial charge in [-0.1, -0.05) is 18.2 Å². The third kappa shape index (κ3) is 3.49. The summed E-state index contributed by atoms with van der Waals surface area (Å²) in [6.45, 7) is 3.17. The molecule has 2 atom stereocenters. The van der Waals surface area contributed by atoms with Gasteiger partial charge in [-0.05, 0) is 37.6 Å². The lowest BCUT2D eigenvalue weighted by Crippen LogP contribution is -2.48. The lowest BCUT2D eigenvalue weighted by Gasteiger charge is -2.24. The van der Waals surface area contributed by atoms with E-state index in [-0.39, 0.29) is 11.1 Å². The SMILES string of the molecule is CC(NC(=O)[C@H](C)N1C(=O)c2cccc([N+](=O)[O-])c2C1=O)c1ccc(-n2cncn2)cc1. The first kappa shape index (κ1) is 20.8. The van der Waals surface area contributed by atoms with Crippen LogP contribution in [-0.4, -0.2) is 48.4 Å². The van der Waals surface area contributed by atoms with Crippen LogP contribution in [0.1, 0.15) is 46.2 Å². The molecule has 0 fully saturated rings. The van der Waals surface area contributed by atoms with E-state index in [1.165, 1.54) is 25.4 Å². The Morgan fingerprint density at radius 2 is 1.81 bits per heavy atom. The van der Waals surface area contributed by atoms with Crippen molar-refractivity contribution >= 4 is 23.4 Å². The molecule has 1 N–H and O–H groups in total. The van der Waals surface area contributed by atoms with E-state index in [9.17, 15) is 24.5 Å². The number of amides is 3. The molecule has 11 heteroatoms. The van der Waals surface area contributed by atoms with E-state index < -0.39 is 40.4 Å². The van der Waals surface area contributed by atoms with E-state index >= 15 is 0 Å². The molecule has 0 bridgehead atoms. The van der Waals surface area contributed by atoms with Crippen molar-refractivity contribution < 1.29 is 19.3 Å². The summed E-state index contributed by atoms with van der Waals surface area (Å²) in [4.78, 5) is 53.5. The van der Waals surface area contributed by atoms with Crippen LogP contribution >= 0.6 is 0 Å². The molecular weight excluding hydrogens is 416 g/mol. The van der Waals surface area contributed by atoms with Crippen LogP contribution in [0, 0.1) is 10.1 Å². The van der Waals surface area contributed by atoms with Gasteiger partial charge in [-0.25, -0.2) is 9.67 Å². The molecule has 162 valence electrons. The van der Waals surface area contributed by atoms with Gasteiger partial charge in [0.25, 0.3) is 17.5 Å². The number of benzene rings is 2. The first-order valence-electron chi connectivity index (χ1n) is 9.70. The number of rotatable bonds is 6. The summed E-state index contributed by atoms with van der Waals surface area (Å²) in [6.07, 6.45) is 2.99. The Kier molecular flexibility index (Phi) is 5.23. The van der Waals surface area contributed by atoms with Crippen LogP contribution in [-0.2, 0) is 4.79 Å². The molecule has 11 nitrogen and oxygen atoms in total. The van der Waals surface area contributed by atoms with Crippen LogP contribution in [0.25, 0.3) is 5.69 Å². The maximum atomic E-state index is 12.8. The summed E-state index contributed by atoms with van der Waals surface area (Å²) in [5.74, 6) is -2.15. The molecule has 1 unspecified atom stereocenters. The average molecular weight is 434 g/mol. The highest BCUT2D eigenvalue weighted by Gasteiger charge is 2.44. The fourth-order valence-corrected chi connectivity index (χ4v) is 3.58. The number of nitro groups is 1. The molecule has 3 aromatic rings. The zero-order valence-corrected chi connectivity index (χ0v) is 17.1. The minimum atomic E-state index is -1.15. The third-order valence-corrected chi connectivity index (χ3v) is 5.32. The normalized spacial score (nSPS) is 14.8. The number of nitro benzene ring substituents is 1. The Labute approximate surface area is 181 Å². The van der Waals surface area contributed by atoms with Crippen LogP contribution in [0.5, 0.6) is 0 Å². The molecule has 2 aromatic carbocycles. The molecule has 1 aromatic heterocycles. The average Bonchev–Trinajstić information content (AvgIpc) is 3.41. The highest BCUT2D eigenvalue weighted by Crippen LogP contribution is 2.32. The molecule has 1 aliphatic rings. The fraction of sp³-hybridized carbons (Fsp3) is 0.190.